The molecule has 0 fully saturated rings. The lowest BCUT2D eigenvalue weighted by molar-refractivity contribution is 0.838. The van der Waals surface area contributed by atoms with E-state index in [2.05, 4.69) is 16.7 Å². The first-order valence-electron chi connectivity index (χ1n) is 5.92. The van der Waals surface area contributed by atoms with Crippen LogP contribution in [0.1, 0.15) is 5.56 Å². The monoisotopic (exact) mass is 290 g/mol. The number of aromatic nitrogens is 1. The molecule has 2 nitrogen and oxygen atoms in total. The zero-order valence-corrected chi connectivity index (χ0v) is 11.6. The summed E-state index contributed by atoms with van der Waals surface area (Å²) in [5, 5.41) is 2.28. The second-order valence-electron chi connectivity index (χ2n) is 4.48. The lowest BCUT2D eigenvalue weighted by atomic mass is 10.2. The van der Waals surface area contributed by atoms with E-state index in [1.54, 1.807) is 0 Å². The van der Waals surface area contributed by atoms with E-state index >= 15 is 0 Å². The third-order valence-corrected chi connectivity index (χ3v) is 3.90. The van der Waals surface area contributed by atoms with Gasteiger partial charge in [0, 0.05) is 18.1 Å². The number of hydrogen-bond acceptors (Lipinski definition) is 1. The van der Waals surface area contributed by atoms with Crippen molar-refractivity contribution in [3.05, 3.63) is 64.3 Å². The van der Waals surface area contributed by atoms with Crippen molar-refractivity contribution in [3.8, 4) is 0 Å². The van der Waals surface area contributed by atoms with Gasteiger partial charge in [-0.2, -0.15) is 0 Å². The summed E-state index contributed by atoms with van der Waals surface area (Å²) in [5.41, 5.74) is 8.96. The first kappa shape index (κ1) is 12.4. The van der Waals surface area contributed by atoms with Gasteiger partial charge in [-0.05, 0) is 29.8 Å². The van der Waals surface area contributed by atoms with Crippen molar-refractivity contribution in [2.75, 3.05) is 5.73 Å². The van der Waals surface area contributed by atoms with Crippen molar-refractivity contribution in [1.29, 1.82) is 0 Å². The number of hydrogen-bond donors (Lipinski definition) is 1. The van der Waals surface area contributed by atoms with E-state index in [4.69, 9.17) is 28.9 Å². The molecule has 2 aromatic carbocycles. The van der Waals surface area contributed by atoms with Crippen molar-refractivity contribution in [1.82, 2.24) is 4.57 Å². The molecule has 0 aliphatic carbocycles. The number of nitrogens with zero attached hydrogens (tertiary/aromatic N) is 1. The number of fused-ring (bicyclic) bond motifs is 1. The fourth-order valence-corrected chi connectivity index (χ4v) is 2.58. The summed E-state index contributed by atoms with van der Waals surface area (Å²) in [7, 11) is 0. The number of rotatable bonds is 2. The van der Waals surface area contributed by atoms with Crippen LogP contribution in [0, 0.1) is 0 Å². The Kier molecular flexibility index (Phi) is 3.13. The highest BCUT2D eigenvalue weighted by atomic mass is 35.5. The summed E-state index contributed by atoms with van der Waals surface area (Å²) < 4.78 is 2.12. The molecule has 0 saturated heterocycles. The van der Waals surface area contributed by atoms with Gasteiger partial charge < -0.3 is 10.3 Å². The molecule has 2 N–H and O–H groups in total. The summed E-state index contributed by atoms with van der Waals surface area (Å²) in [6.07, 6.45) is 2.03. The van der Waals surface area contributed by atoms with E-state index in [1.165, 1.54) is 0 Å². The van der Waals surface area contributed by atoms with E-state index in [1.807, 2.05) is 36.5 Å². The molecule has 96 valence electrons. The molecular formula is C15H12Cl2N2. The third kappa shape index (κ3) is 2.29. The SMILES string of the molecule is Nc1cccc2ccn(Cc3ccc(Cl)c(Cl)c3)c12. The number of anilines is 1. The van der Waals surface area contributed by atoms with Crippen LogP contribution in [-0.4, -0.2) is 4.57 Å². The van der Waals surface area contributed by atoms with Crippen LogP contribution in [0.15, 0.2) is 48.7 Å². The zero-order valence-electron chi connectivity index (χ0n) is 10.1. The van der Waals surface area contributed by atoms with Gasteiger partial charge in [-0.25, -0.2) is 0 Å². The maximum Gasteiger partial charge on any atom is 0.0716 e. The van der Waals surface area contributed by atoms with Crippen molar-refractivity contribution in [3.63, 3.8) is 0 Å². The minimum Gasteiger partial charge on any atom is -0.397 e. The average Bonchev–Trinajstić information content (AvgIpc) is 2.79. The molecule has 0 atom stereocenters. The molecule has 0 aliphatic heterocycles. The summed E-state index contributed by atoms with van der Waals surface area (Å²) in [6.45, 7) is 0.717. The van der Waals surface area contributed by atoms with E-state index in [0.717, 1.165) is 22.2 Å². The predicted molar refractivity (Wildman–Crippen MR) is 81.9 cm³/mol. The summed E-state index contributed by atoms with van der Waals surface area (Å²) in [5.74, 6) is 0. The highest BCUT2D eigenvalue weighted by Crippen LogP contribution is 2.26. The summed E-state index contributed by atoms with van der Waals surface area (Å²) in [6, 6.07) is 13.7. The fourth-order valence-electron chi connectivity index (χ4n) is 2.26. The van der Waals surface area contributed by atoms with Gasteiger partial charge in [-0.15, -0.1) is 0 Å². The number of nitrogen functional groups attached to an aromatic ring is 1. The molecule has 0 unspecified atom stereocenters. The molecule has 0 spiro atoms. The lowest BCUT2D eigenvalue weighted by Crippen LogP contribution is -2.00. The van der Waals surface area contributed by atoms with E-state index in [-0.39, 0.29) is 0 Å². The Morgan fingerprint density at radius 3 is 2.63 bits per heavy atom. The van der Waals surface area contributed by atoms with Gasteiger partial charge in [0.05, 0.1) is 21.2 Å². The lowest BCUT2D eigenvalue weighted by Gasteiger charge is -2.08. The van der Waals surface area contributed by atoms with Crippen molar-refractivity contribution < 1.29 is 0 Å². The molecule has 3 aromatic rings. The number of para-hydroxylation sites is 1. The summed E-state index contributed by atoms with van der Waals surface area (Å²) in [4.78, 5) is 0. The Labute approximate surface area is 121 Å². The van der Waals surface area contributed by atoms with Crippen LogP contribution in [0.2, 0.25) is 10.0 Å². The van der Waals surface area contributed by atoms with E-state index < -0.39 is 0 Å². The van der Waals surface area contributed by atoms with Gasteiger partial charge in [0.15, 0.2) is 0 Å². The Bertz CT molecular complexity index is 747. The van der Waals surface area contributed by atoms with Crippen LogP contribution >= 0.6 is 23.2 Å². The fraction of sp³-hybridized carbons (Fsp3) is 0.0667. The zero-order chi connectivity index (χ0) is 13.4. The molecular weight excluding hydrogens is 279 g/mol. The van der Waals surface area contributed by atoms with Crippen molar-refractivity contribution in [2.24, 2.45) is 0 Å². The molecule has 1 heterocycles. The quantitative estimate of drug-likeness (QED) is 0.688. The Balaban J connectivity index is 2.03. The minimum atomic E-state index is 0.572. The normalized spacial score (nSPS) is 11.1. The summed E-state index contributed by atoms with van der Waals surface area (Å²) >= 11 is 12.0. The van der Waals surface area contributed by atoms with Crippen LogP contribution in [0.3, 0.4) is 0 Å². The molecule has 4 heteroatoms. The van der Waals surface area contributed by atoms with Gasteiger partial charge in [-0.3, -0.25) is 0 Å². The number of halogens is 2. The maximum absolute atomic E-state index is 6.04. The van der Waals surface area contributed by atoms with Crippen LogP contribution in [0.25, 0.3) is 10.9 Å². The van der Waals surface area contributed by atoms with Gasteiger partial charge in [0.2, 0.25) is 0 Å². The van der Waals surface area contributed by atoms with E-state index in [0.29, 0.717) is 16.6 Å². The van der Waals surface area contributed by atoms with Crippen molar-refractivity contribution in [2.45, 2.75) is 6.54 Å². The van der Waals surface area contributed by atoms with Crippen LogP contribution in [-0.2, 0) is 6.54 Å². The largest absolute Gasteiger partial charge is 0.397 e. The van der Waals surface area contributed by atoms with E-state index in [9.17, 15) is 0 Å². The van der Waals surface area contributed by atoms with Gasteiger partial charge in [0.1, 0.15) is 0 Å². The number of nitrogens with two attached hydrogens (primary N) is 1. The molecule has 3 rings (SSSR count). The molecule has 0 amide bonds. The topological polar surface area (TPSA) is 30.9 Å². The van der Waals surface area contributed by atoms with Crippen molar-refractivity contribution >= 4 is 39.8 Å². The van der Waals surface area contributed by atoms with Crippen LogP contribution in [0.5, 0.6) is 0 Å². The molecule has 0 radical (unpaired) electrons. The Morgan fingerprint density at radius 1 is 1.00 bits per heavy atom. The third-order valence-electron chi connectivity index (χ3n) is 3.16. The van der Waals surface area contributed by atoms with Gasteiger partial charge in [0.25, 0.3) is 0 Å². The molecule has 0 aliphatic rings. The molecule has 19 heavy (non-hydrogen) atoms. The first-order valence-corrected chi connectivity index (χ1v) is 6.68. The molecule has 0 bridgehead atoms. The second-order valence-corrected chi connectivity index (χ2v) is 5.29. The Hall–Kier alpha value is -1.64. The van der Waals surface area contributed by atoms with Gasteiger partial charge >= 0.3 is 0 Å². The standard InChI is InChI=1S/C15H12Cl2N2/c16-12-5-4-10(8-13(12)17)9-19-7-6-11-2-1-3-14(18)15(11)19/h1-8H,9,18H2. The first-order chi connectivity index (χ1) is 9.15. The predicted octanol–water partition coefficient (Wildman–Crippen LogP) is 4.58. The average molecular weight is 291 g/mol. The number of benzene rings is 2. The maximum atomic E-state index is 6.04. The smallest absolute Gasteiger partial charge is 0.0716 e. The molecule has 0 saturated carbocycles. The molecule has 1 aromatic heterocycles. The second kappa shape index (κ2) is 4.80. The van der Waals surface area contributed by atoms with Crippen LogP contribution < -0.4 is 5.73 Å². The minimum absolute atomic E-state index is 0.572. The highest BCUT2D eigenvalue weighted by molar-refractivity contribution is 6.42. The van der Waals surface area contributed by atoms with Crippen LogP contribution in [0.4, 0.5) is 5.69 Å². The Morgan fingerprint density at radius 2 is 1.84 bits per heavy atom. The highest BCUT2D eigenvalue weighted by Gasteiger charge is 2.06. The van der Waals surface area contributed by atoms with Gasteiger partial charge in [-0.1, -0.05) is 41.4 Å².